The Kier molecular flexibility index (Phi) is 10.3. The predicted molar refractivity (Wildman–Crippen MR) is 128 cm³/mol. The summed E-state index contributed by atoms with van der Waals surface area (Å²) in [5, 5.41) is 0. The Morgan fingerprint density at radius 2 is 1.21 bits per heavy atom. The topological polar surface area (TPSA) is 54.0 Å². The van der Waals surface area contributed by atoms with Gasteiger partial charge in [-0.1, -0.05) is 47.1 Å². The molecule has 2 atom stereocenters. The second kappa shape index (κ2) is 10.3. The van der Waals surface area contributed by atoms with Crippen LogP contribution >= 0.6 is 0 Å². The molecular formula is C19H44O5Si4. The largest absolute Gasteiger partial charge is 0.491 e. The lowest BCUT2D eigenvalue weighted by Gasteiger charge is -2.45. The Labute approximate surface area is 178 Å². The van der Waals surface area contributed by atoms with E-state index < -0.39 is 34.0 Å². The minimum Gasteiger partial charge on any atom is -0.491 e. The highest BCUT2D eigenvalue weighted by molar-refractivity contribution is 6.89. The summed E-state index contributed by atoms with van der Waals surface area (Å²) >= 11 is 0. The zero-order valence-electron chi connectivity index (χ0n) is 20.3. The molecule has 0 radical (unpaired) electrons. The number of hydrogen-bond donors (Lipinski definition) is 0. The zero-order valence-corrected chi connectivity index (χ0v) is 24.3. The molecular weight excluding hydrogens is 421 g/mol. The van der Waals surface area contributed by atoms with Crippen molar-refractivity contribution in [1.29, 1.82) is 0 Å². The van der Waals surface area contributed by atoms with Crippen molar-refractivity contribution in [2.45, 2.75) is 104 Å². The molecule has 0 aromatic rings. The van der Waals surface area contributed by atoms with Gasteiger partial charge in [-0.05, 0) is 52.8 Å². The van der Waals surface area contributed by atoms with Crippen LogP contribution < -0.4 is 0 Å². The van der Waals surface area contributed by atoms with Gasteiger partial charge in [0.1, 0.15) is 0 Å². The number of rotatable bonds is 12. The van der Waals surface area contributed by atoms with Crippen molar-refractivity contribution in [3.05, 3.63) is 12.2 Å². The van der Waals surface area contributed by atoms with Gasteiger partial charge in [-0.15, -0.1) is 0 Å². The standard InChI is InChI=1S/C19H44O5Si4/c1-14-17(5)28(18(6)15-2,21-19(20)16(3)4)24-27(12,13)23-26(10,11)22-25(7,8)9/h17-18H,3,14-15H2,1-2,4-13H3. The van der Waals surface area contributed by atoms with Crippen LogP contribution in [-0.2, 0) is 21.6 Å². The second-order valence-electron chi connectivity index (χ2n) is 9.73. The van der Waals surface area contributed by atoms with Gasteiger partial charge < -0.3 is 16.8 Å². The highest BCUT2D eigenvalue weighted by Crippen LogP contribution is 2.42. The smallest absolute Gasteiger partial charge is 0.398 e. The van der Waals surface area contributed by atoms with Gasteiger partial charge in [-0.3, -0.25) is 0 Å². The molecule has 0 aliphatic rings. The monoisotopic (exact) mass is 464 g/mol. The van der Waals surface area contributed by atoms with E-state index >= 15 is 0 Å². The maximum atomic E-state index is 12.6. The molecule has 0 aliphatic heterocycles. The van der Waals surface area contributed by atoms with Crippen LogP contribution in [0.15, 0.2) is 12.2 Å². The molecule has 0 heterocycles. The summed E-state index contributed by atoms with van der Waals surface area (Å²) < 4.78 is 26.0. The molecule has 0 aliphatic carbocycles. The van der Waals surface area contributed by atoms with Crippen LogP contribution in [0.2, 0.25) is 56.9 Å². The van der Waals surface area contributed by atoms with E-state index in [1.54, 1.807) is 6.92 Å². The molecule has 0 spiro atoms. The van der Waals surface area contributed by atoms with Crippen molar-refractivity contribution in [1.82, 2.24) is 0 Å². The van der Waals surface area contributed by atoms with Crippen LogP contribution in [-0.4, -0.2) is 40.0 Å². The molecule has 0 aromatic heterocycles. The van der Waals surface area contributed by atoms with Crippen LogP contribution in [0.5, 0.6) is 0 Å². The third-order valence-electron chi connectivity index (χ3n) is 4.65. The fourth-order valence-electron chi connectivity index (χ4n) is 3.47. The van der Waals surface area contributed by atoms with Crippen LogP contribution in [0.25, 0.3) is 0 Å². The fraction of sp³-hybridized carbons (Fsp3) is 0.842. The molecule has 166 valence electrons. The lowest BCUT2D eigenvalue weighted by Crippen LogP contribution is -2.61. The highest BCUT2D eigenvalue weighted by atomic mass is 28.5. The van der Waals surface area contributed by atoms with Gasteiger partial charge in [0.15, 0.2) is 8.32 Å². The van der Waals surface area contributed by atoms with Gasteiger partial charge in [-0.2, -0.15) is 0 Å². The number of carbonyl (C=O) groups is 1. The third-order valence-corrected chi connectivity index (χ3v) is 20.3. The van der Waals surface area contributed by atoms with Crippen molar-refractivity contribution >= 4 is 40.0 Å². The molecule has 5 nitrogen and oxygen atoms in total. The van der Waals surface area contributed by atoms with E-state index in [0.717, 1.165) is 12.8 Å². The van der Waals surface area contributed by atoms with E-state index in [4.69, 9.17) is 16.8 Å². The first kappa shape index (κ1) is 28.0. The van der Waals surface area contributed by atoms with Gasteiger partial charge in [0.05, 0.1) is 0 Å². The molecule has 0 fully saturated rings. The molecule has 0 aromatic carbocycles. The van der Waals surface area contributed by atoms with E-state index in [1.807, 2.05) is 0 Å². The van der Waals surface area contributed by atoms with Gasteiger partial charge in [0.2, 0.25) is 0 Å². The van der Waals surface area contributed by atoms with Gasteiger partial charge >= 0.3 is 31.7 Å². The van der Waals surface area contributed by atoms with E-state index in [-0.39, 0.29) is 17.1 Å². The predicted octanol–water partition coefficient (Wildman–Crippen LogP) is 6.44. The third kappa shape index (κ3) is 8.76. The van der Waals surface area contributed by atoms with Crippen LogP contribution in [0, 0.1) is 0 Å². The van der Waals surface area contributed by atoms with Crippen molar-refractivity contribution in [3.8, 4) is 0 Å². The summed E-state index contributed by atoms with van der Waals surface area (Å²) in [6.07, 6.45) is 1.77. The van der Waals surface area contributed by atoms with E-state index in [9.17, 15) is 4.79 Å². The number of hydrogen-bond acceptors (Lipinski definition) is 5. The summed E-state index contributed by atoms with van der Waals surface area (Å²) in [7, 11) is -9.63. The molecule has 0 saturated carbocycles. The van der Waals surface area contributed by atoms with Crippen molar-refractivity contribution < 1.29 is 21.6 Å². The van der Waals surface area contributed by atoms with Gasteiger partial charge in [-0.25, -0.2) is 4.79 Å². The highest BCUT2D eigenvalue weighted by Gasteiger charge is 2.55. The van der Waals surface area contributed by atoms with E-state index in [2.05, 4.69) is 80.1 Å². The molecule has 28 heavy (non-hydrogen) atoms. The van der Waals surface area contributed by atoms with Crippen molar-refractivity contribution in [2.75, 3.05) is 0 Å². The van der Waals surface area contributed by atoms with Crippen LogP contribution in [0.4, 0.5) is 0 Å². The molecule has 0 N–H and O–H groups in total. The second-order valence-corrected chi connectivity index (χ2v) is 25.6. The van der Waals surface area contributed by atoms with E-state index in [1.165, 1.54) is 0 Å². The lowest BCUT2D eigenvalue weighted by molar-refractivity contribution is -0.132. The van der Waals surface area contributed by atoms with Crippen LogP contribution in [0.1, 0.15) is 47.5 Å². The molecule has 0 saturated heterocycles. The fourth-order valence-corrected chi connectivity index (χ4v) is 23.0. The van der Waals surface area contributed by atoms with Crippen LogP contribution in [0.3, 0.4) is 0 Å². The summed E-state index contributed by atoms with van der Waals surface area (Å²) in [4.78, 5) is 12.6. The van der Waals surface area contributed by atoms with E-state index in [0.29, 0.717) is 5.57 Å². The molecule has 0 amide bonds. The molecule has 0 rings (SSSR count). The van der Waals surface area contributed by atoms with Gasteiger partial charge in [0.25, 0.3) is 0 Å². The normalized spacial score (nSPS) is 17.6. The Morgan fingerprint density at radius 1 is 0.821 bits per heavy atom. The van der Waals surface area contributed by atoms with Crippen molar-refractivity contribution in [2.24, 2.45) is 0 Å². The molecule has 9 heteroatoms. The first-order valence-corrected chi connectivity index (χ1v) is 21.4. The summed E-state index contributed by atoms with van der Waals surface area (Å²) in [5.41, 5.74) is 0.719. The van der Waals surface area contributed by atoms with Gasteiger partial charge in [0, 0.05) is 16.7 Å². The summed E-state index contributed by atoms with van der Waals surface area (Å²) in [6.45, 7) is 28.8. The maximum absolute atomic E-state index is 12.6. The van der Waals surface area contributed by atoms with Crippen molar-refractivity contribution in [3.63, 3.8) is 0 Å². The molecule has 0 bridgehead atoms. The minimum atomic E-state index is -2.92. The maximum Gasteiger partial charge on any atom is 0.398 e. The lowest BCUT2D eigenvalue weighted by atomic mass is 10.3. The first-order valence-electron chi connectivity index (χ1n) is 10.4. The average Bonchev–Trinajstić information content (AvgIpc) is 2.48. The molecule has 2 unspecified atom stereocenters. The Bertz CT molecular complexity index is 533. The average molecular weight is 465 g/mol. The minimum absolute atomic E-state index is 0.156. The SMILES string of the molecule is C=C(C)C(=O)O[Si](O[Si](C)(C)O[Si](C)(C)O[Si](C)(C)C)(C(C)CC)C(C)CC. The Morgan fingerprint density at radius 3 is 1.54 bits per heavy atom. The Balaban J connectivity index is 5.95. The quantitative estimate of drug-likeness (QED) is 0.246. The number of carbonyl (C=O) groups excluding carboxylic acids is 1. The zero-order chi connectivity index (χ0) is 22.6. The first-order chi connectivity index (χ1) is 12.4. The summed E-state index contributed by atoms with van der Waals surface area (Å²) in [5.74, 6) is -0.355. The summed E-state index contributed by atoms with van der Waals surface area (Å²) in [6, 6.07) is 0. The Hall–Kier alpha value is -0.0425.